The SMILES string of the molecule is N#Cc1c(NC(=O)C(=O)NN=Cc2c(OC(=O)c3ccc(Cl)cc3Cl)ccc3ccccc23)sc2c1CCCC2. The highest BCUT2D eigenvalue weighted by molar-refractivity contribution is 7.16. The molecule has 0 radical (unpaired) electrons. The van der Waals surface area contributed by atoms with Crippen LogP contribution in [0.15, 0.2) is 59.7 Å². The molecule has 0 saturated heterocycles. The van der Waals surface area contributed by atoms with E-state index in [1.54, 1.807) is 24.3 Å². The molecule has 0 bridgehead atoms. The predicted octanol–water partition coefficient (Wildman–Crippen LogP) is 6.27. The van der Waals surface area contributed by atoms with Crippen LogP contribution in [-0.2, 0) is 22.4 Å². The molecule has 5 rings (SSSR count). The first-order valence-corrected chi connectivity index (χ1v) is 13.8. The van der Waals surface area contributed by atoms with Crippen molar-refractivity contribution in [2.24, 2.45) is 5.10 Å². The molecule has 0 saturated carbocycles. The van der Waals surface area contributed by atoms with Crippen LogP contribution in [0.5, 0.6) is 5.75 Å². The van der Waals surface area contributed by atoms with Gasteiger partial charge in [-0.25, -0.2) is 10.2 Å². The van der Waals surface area contributed by atoms with Gasteiger partial charge in [0, 0.05) is 15.5 Å². The quantitative estimate of drug-likeness (QED) is 0.0933. The number of carbonyl (C=O) groups excluding carboxylic acids is 3. The van der Waals surface area contributed by atoms with E-state index in [4.69, 9.17) is 27.9 Å². The summed E-state index contributed by atoms with van der Waals surface area (Å²) in [5.74, 6) is -2.51. The number of hydrogen-bond acceptors (Lipinski definition) is 7. The van der Waals surface area contributed by atoms with E-state index >= 15 is 0 Å². The first kappa shape index (κ1) is 27.3. The molecule has 200 valence electrons. The Bertz CT molecular complexity index is 1740. The molecule has 0 aliphatic heterocycles. The van der Waals surface area contributed by atoms with Gasteiger partial charge in [0.05, 0.1) is 22.4 Å². The number of ether oxygens (including phenoxy) is 1. The lowest BCUT2D eigenvalue weighted by atomic mass is 9.96. The Morgan fingerprint density at radius 2 is 1.82 bits per heavy atom. The molecule has 0 unspecified atom stereocenters. The lowest BCUT2D eigenvalue weighted by molar-refractivity contribution is -0.136. The summed E-state index contributed by atoms with van der Waals surface area (Å²) in [6, 6.07) is 17.3. The number of halogens is 2. The number of thiophene rings is 1. The van der Waals surface area contributed by atoms with E-state index in [2.05, 4.69) is 21.9 Å². The van der Waals surface area contributed by atoms with Gasteiger partial charge in [0.1, 0.15) is 16.8 Å². The van der Waals surface area contributed by atoms with Crippen molar-refractivity contribution >= 4 is 74.3 Å². The third-order valence-corrected chi connectivity index (χ3v) is 8.12. The zero-order chi connectivity index (χ0) is 28.2. The summed E-state index contributed by atoms with van der Waals surface area (Å²) in [4.78, 5) is 39.0. The van der Waals surface area contributed by atoms with Gasteiger partial charge in [-0.15, -0.1) is 11.3 Å². The fourth-order valence-corrected chi connectivity index (χ4v) is 6.17. The highest BCUT2D eigenvalue weighted by atomic mass is 35.5. The largest absolute Gasteiger partial charge is 0.422 e. The Kier molecular flexibility index (Phi) is 8.12. The maximum absolute atomic E-state index is 12.9. The average molecular weight is 591 g/mol. The van der Waals surface area contributed by atoms with Crippen molar-refractivity contribution in [3.05, 3.63) is 91.8 Å². The Morgan fingerprint density at radius 1 is 1.02 bits per heavy atom. The Balaban J connectivity index is 1.35. The molecule has 40 heavy (non-hydrogen) atoms. The molecule has 2 N–H and O–H groups in total. The molecule has 1 aliphatic carbocycles. The van der Waals surface area contributed by atoms with Crippen LogP contribution in [0.2, 0.25) is 10.0 Å². The second-order valence-corrected chi connectivity index (χ2v) is 10.8. The summed E-state index contributed by atoms with van der Waals surface area (Å²) in [6.07, 6.45) is 4.94. The van der Waals surface area contributed by atoms with E-state index in [0.717, 1.165) is 41.5 Å². The third-order valence-electron chi connectivity index (χ3n) is 6.36. The average Bonchev–Trinajstić information content (AvgIpc) is 3.30. The smallest absolute Gasteiger partial charge is 0.345 e. The molecule has 0 fully saturated rings. The minimum absolute atomic E-state index is 0.124. The van der Waals surface area contributed by atoms with Crippen molar-refractivity contribution in [3.8, 4) is 11.8 Å². The van der Waals surface area contributed by atoms with Crippen molar-refractivity contribution in [1.82, 2.24) is 5.43 Å². The minimum Gasteiger partial charge on any atom is -0.422 e. The van der Waals surface area contributed by atoms with Gasteiger partial charge in [0.2, 0.25) is 0 Å². The molecular formula is C29H20Cl2N4O4S. The summed E-state index contributed by atoms with van der Waals surface area (Å²) in [5, 5.41) is 18.5. The van der Waals surface area contributed by atoms with Crippen molar-refractivity contribution in [1.29, 1.82) is 5.26 Å². The number of esters is 1. The predicted molar refractivity (Wildman–Crippen MR) is 155 cm³/mol. The third kappa shape index (κ3) is 5.70. The highest BCUT2D eigenvalue weighted by Crippen LogP contribution is 2.37. The van der Waals surface area contributed by atoms with Crippen LogP contribution in [-0.4, -0.2) is 24.0 Å². The van der Waals surface area contributed by atoms with Gasteiger partial charge < -0.3 is 10.1 Å². The number of fused-ring (bicyclic) bond motifs is 2. The van der Waals surface area contributed by atoms with Gasteiger partial charge in [-0.05, 0) is 66.3 Å². The number of hydrogen-bond donors (Lipinski definition) is 2. The van der Waals surface area contributed by atoms with Crippen LogP contribution >= 0.6 is 34.5 Å². The fourth-order valence-electron chi connectivity index (χ4n) is 4.45. The summed E-state index contributed by atoms with van der Waals surface area (Å²) in [6.45, 7) is 0. The number of anilines is 1. The monoisotopic (exact) mass is 590 g/mol. The van der Waals surface area contributed by atoms with Crippen LogP contribution in [0.1, 0.15) is 44.8 Å². The maximum Gasteiger partial charge on any atom is 0.345 e. The molecule has 2 amide bonds. The van der Waals surface area contributed by atoms with Gasteiger partial charge in [-0.1, -0.05) is 53.5 Å². The van der Waals surface area contributed by atoms with Crippen LogP contribution in [0.3, 0.4) is 0 Å². The number of benzene rings is 3. The number of carbonyl (C=O) groups is 3. The van der Waals surface area contributed by atoms with Gasteiger partial charge in [-0.2, -0.15) is 10.4 Å². The Hall–Kier alpha value is -4.23. The molecule has 1 aliphatic rings. The molecule has 11 heteroatoms. The lowest BCUT2D eigenvalue weighted by Crippen LogP contribution is -2.32. The molecule has 4 aromatic rings. The zero-order valence-corrected chi connectivity index (χ0v) is 23.1. The van der Waals surface area contributed by atoms with E-state index < -0.39 is 17.8 Å². The molecule has 0 atom stereocenters. The van der Waals surface area contributed by atoms with Crippen molar-refractivity contribution in [2.45, 2.75) is 25.7 Å². The van der Waals surface area contributed by atoms with Crippen LogP contribution in [0.25, 0.3) is 10.8 Å². The molecule has 3 aromatic carbocycles. The summed E-state index contributed by atoms with van der Waals surface area (Å²) in [7, 11) is 0. The number of rotatable bonds is 5. The normalized spacial score (nSPS) is 12.5. The van der Waals surface area contributed by atoms with Crippen LogP contribution in [0, 0.1) is 11.3 Å². The topological polar surface area (TPSA) is 121 Å². The van der Waals surface area contributed by atoms with Crippen LogP contribution in [0.4, 0.5) is 5.00 Å². The number of amides is 2. The summed E-state index contributed by atoms with van der Waals surface area (Å²) in [5.41, 5.74) is 4.09. The number of nitriles is 1. The van der Waals surface area contributed by atoms with Crippen molar-refractivity contribution < 1.29 is 19.1 Å². The number of aryl methyl sites for hydroxylation is 1. The summed E-state index contributed by atoms with van der Waals surface area (Å²) >= 11 is 13.4. The molecule has 1 aromatic heterocycles. The van der Waals surface area contributed by atoms with E-state index in [0.29, 0.717) is 26.5 Å². The lowest BCUT2D eigenvalue weighted by Gasteiger charge is -2.11. The Morgan fingerprint density at radius 3 is 2.62 bits per heavy atom. The van der Waals surface area contributed by atoms with E-state index in [1.807, 2.05) is 12.1 Å². The highest BCUT2D eigenvalue weighted by Gasteiger charge is 2.24. The Labute approximate surface area is 243 Å². The fraction of sp³-hybridized carbons (Fsp3) is 0.138. The van der Waals surface area contributed by atoms with E-state index in [9.17, 15) is 19.6 Å². The van der Waals surface area contributed by atoms with Crippen molar-refractivity contribution in [2.75, 3.05) is 5.32 Å². The first-order chi connectivity index (χ1) is 19.4. The maximum atomic E-state index is 12.9. The molecular weight excluding hydrogens is 571 g/mol. The van der Waals surface area contributed by atoms with E-state index in [1.165, 1.54) is 35.8 Å². The molecule has 0 spiro atoms. The van der Waals surface area contributed by atoms with E-state index in [-0.39, 0.29) is 16.3 Å². The second-order valence-electron chi connectivity index (χ2n) is 8.89. The van der Waals surface area contributed by atoms with Gasteiger partial charge in [0.15, 0.2) is 0 Å². The first-order valence-electron chi connectivity index (χ1n) is 12.2. The number of hydrazone groups is 1. The molecule has 1 heterocycles. The van der Waals surface area contributed by atoms with Crippen molar-refractivity contribution in [3.63, 3.8) is 0 Å². The van der Waals surface area contributed by atoms with Gasteiger partial charge in [-0.3, -0.25) is 9.59 Å². The van der Waals surface area contributed by atoms with Gasteiger partial charge in [0.25, 0.3) is 0 Å². The molecule has 8 nitrogen and oxygen atoms in total. The summed E-state index contributed by atoms with van der Waals surface area (Å²) < 4.78 is 5.63. The zero-order valence-electron chi connectivity index (χ0n) is 20.8. The second kappa shape index (κ2) is 11.9. The van der Waals surface area contributed by atoms with Crippen LogP contribution < -0.4 is 15.5 Å². The standard InChI is InChI=1S/C29H20Cl2N4O4S/c30-17-10-11-20(23(31)13-17)29(38)39-24-12-9-16-5-1-2-6-18(16)22(24)15-33-35-27(37)26(36)34-28-21(14-32)19-7-3-4-8-25(19)40-28/h1-2,5-6,9-13,15H,3-4,7-8H2,(H,34,36)(H,35,37). The number of nitrogens with zero attached hydrogens (tertiary/aromatic N) is 2. The van der Waals surface area contributed by atoms with Gasteiger partial charge >= 0.3 is 17.8 Å². The minimum atomic E-state index is -1.02. The number of nitrogens with one attached hydrogen (secondary N) is 2.